The molecule has 1 aromatic rings. The fourth-order valence-corrected chi connectivity index (χ4v) is 2.51. The van der Waals surface area contributed by atoms with Crippen LogP contribution in [0.25, 0.3) is 0 Å². The minimum Gasteiger partial charge on any atom is -0.505 e. The number of hydrogen-bond donors (Lipinski definition) is 3. The predicted molar refractivity (Wildman–Crippen MR) is 82.3 cm³/mol. The number of aromatic hydroxyl groups is 2. The average molecular weight is 340 g/mol. The third-order valence-electron chi connectivity index (χ3n) is 3.48. The lowest BCUT2D eigenvalue weighted by molar-refractivity contribution is -0.141. The molecular formula is C15H14ClNO6. The highest BCUT2D eigenvalue weighted by Crippen LogP contribution is 2.46. The summed E-state index contributed by atoms with van der Waals surface area (Å²) in [5, 5.41) is 22.7. The molecule has 8 heteroatoms. The molecule has 1 aliphatic rings. The van der Waals surface area contributed by atoms with Crippen LogP contribution in [0.3, 0.4) is 0 Å². The van der Waals surface area contributed by atoms with Gasteiger partial charge in [-0.3, -0.25) is 9.59 Å². The number of ketones is 2. The normalized spacial score (nSPS) is 14.4. The highest BCUT2D eigenvalue weighted by Gasteiger charge is 2.32. The van der Waals surface area contributed by atoms with Crippen LogP contribution >= 0.6 is 11.6 Å². The predicted octanol–water partition coefficient (Wildman–Crippen LogP) is 2.05. The van der Waals surface area contributed by atoms with Gasteiger partial charge in [-0.2, -0.15) is 0 Å². The Hall–Kier alpha value is -2.54. The van der Waals surface area contributed by atoms with E-state index in [-0.39, 0.29) is 21.8 Å². The van der Waals surface area contributed by atoms with Crippen LogP contribution in [0.5, 0.6) is 11.5 Å². The Morgan fingerprint density at radius 1 is 1.22 bits per heavy atom. The van der Waals surface area contributed by atoms with E-state index in [1.165, 1.54) is 7.11 Å². The molecule has 0 aliphatic heterocycles. The van der Waals surface area contributed by atoms with E-state index in [1.54, 1.807) is 6.92 Å². The largest absolute Gasteiger partial charge is 0.505 e. The summed E-state index contributed by atoms with van der Waals surface area (Å²) in [7, 11) is 1.20. The maximum atomic E-state index is 11.9. The van der Waals surface area contributed by atoms with Crippen molar-refractivity contribution in [1.29, 1.82) is 0 Å². The third kappa shape index (κ3) is 2.75. The van der Waals surface area contributed by atoms with Gasteiger partial charge in [-0.25, -0.2) is 4.79 Å². The van der Waals surface area contributed by atoms with Gasteiger partial charge in [-0.15, -0.1) is 0 Å². The van der Waals surface area contributed by atoms with E-state index in [0.29, 0.717) is 6.42 Å². The van der Waals surface area contributed by atoms with Crippen molar-refractivity contribution in [3.05, 3.63) is 28.3 Å². The number of ether oxygens (including phenoxy) is 1. The van der Waals surface area contributed by atoms with Crippen molar-refractivity contribution in [1.82, 2.24) is 0 Å². The van der Waals surface area contributed by atoms with Gasteiger partial charge in [0.2, 0.25) is 0 Å². The first kappa shape index (κ1) is 16.8. The highest BCUT2D eigenvalue weighted by atomic mass is 35.5. The van der Waals surface area contributed by atoms with Crippen molar-refractivity contribution in [3.63, 3.8) is 0 Å². The number of benzene rings is 1. The minimum absolute atomic E-state index is 0.211. The molecule has 0 saturated heterocycles. The van der Waals surface area contributed by atoms with Crippen LogP contribution in [-0.4, -0.2) is 40.9 Å². The monoisotopic (exact) mass is 339 g/mol. The molecule has 7 nitrogen and oxygen atoms in total. The smallest absolute Gasteiger partial charge is 0.328 e. The van der Waals surface area contributed by atoms with E-state index < -0.39 is 35.1 Å². The zero-order valence-electron chi connectivity index (χ0n) is 12.3. The number of carbonyl (C=O) groups excluding carboxylic acids is 3. The lowest BCUT2D eigenvalue weighted by Gasteiger charge is -2.22. The van der Waals surface area contributed by atoms with E-state index >= 15 is 0 Å². The van der Waals surface area contributed by atoms with Crippen LogP contribution in [0.15, 0.2) is 12.2 Å². The van der Waals surface area contributed by atoms with Crippen molar-refractivity contribution in [2.45, 2.75) is 19.4 Å². The first-order valence-corrected chi connectivity index (χ1v) is 7.09. The molecule has 0 fully saturated rings. The number of fused-ring (bicyclic) bond motifs is 1. The fraction of sp³-hybridized carbons (Fsp3) is 0.267. The summed E-state index contributed by atoms with van der Waals surface area (Å²) in [5.41, 5.74) is -0.935. The molecule has 3 N–H and O–H groups in total. The molecule has 1 aliphatic carbocycles. The number of carbonyl (C=O) groups is 3. The van der Waals surface area contributed by atoms with Crippen molar-refractivity contribution in [2.24, 2.45) is 0 Å². The standard InChI is InChI=1S/C15H14ClNO6/c1-3-6(15(22)23-2)17-12-11(16)13(20)9-7(18)4-5-8(19)10(9)14(12)21/h4-6,17,20-21H,3H2,1-2H3. The van der Waals surface area contributed by atoms with Crippen molar-refractivity contribution in [3.8, 4) is 11.5 Å². The van der Waals surface area contributed by atoms with Crippen LogP contribution < -0.4 is 5.32 Å². The minimum atomic E-state index is -0.856. The Bertz CT molecular complexity index is 740. The molecule has 0 radical (unpaired) electrons. The first-order chi connectivity index (χ1) is 10.8. The Morgan fingerprint density at radius 2 is 1.74 bits per heavy atom. The number of methoxy groups -OCH3 is 1. The second-order valence-electron chi connectivity index (χ2n) is 4.83. The van der Waals surface area contributed by atoms with Crippen LogP contribution in [0, 0.1) is 0 Å². The van der Waals surface area contributed by atoms with E-state index in [2.05, 4.69) is 10.1 Å². The van der Waals surface area contributed by atoms with Gasteiger partial charge in [0.1, 0.15) is 22.5 Å². The third-order valence-corrected chi connectivity index (χ3v) is 3.85. The molecule has 122 valence electrons. The SMILES string of the molecule is CCC(Nc1c(O)c2c(c(O)c1Cl)C(=O)C=CC2=O)C(=O)OC. The summed E-state index contributed by atoms with van der Waals surface area (Å²) < 4.78 is 4.62. The molecule has 0 heterocycles. The number of esters is 1. The summed E-state index contributed by atoms with van der Waals surface area (Å²) in [4.78, 5) is 35.4. The molecule has 0 bridgehead atoms. The molecular weight excluding hydrogens is 326 g/mol. The summed E-state index contributed by atoms with van der Waals surface area (Å²) in [6.45, 7) is 1.69. The number of nitrogens with one attached hydrogen (secondary N) is 1. The molecule has 0 amide bonds. The summed E-state index contributed by atoms with van der Waals surface area (Å²) >= 11 is 5.99. The Balaban J connectivity index is 2.62. The number of allylic oxidation sites excluding steroid dienone is 2. The molecule has 1 aromatic carbocycles. The van der Waals surface area contributed by atoms with E-state index in [9.17, 15) is 24.6 Å². The van der Waals surface area contributed by atoms with Crippen LogP contribution in [0.4, 0.5) is 5.69 Å². The van der Waals surface area contributed by atoms with Crippen LogP contribution in [-0.2, 0) is 9.53 Å². The second kappa shape index (κ2) is 6.29. The quantitative estimate of drug-likeness (QED) is 0.437. The topological polar surface area (TPSA) is 113 Å². The summed E-state index contributed by atoms with van der Waals surface area (Å²) in [5.74, 6) is -3.15. The van der Waals surface area contributed by atoms with Gasteiger partial charge < -0.3 is 20.3 Å². The maximum absolute atomic E-state index is 11.9. The lowest BCUT2D eigenvalue weighted by Crippen LogP contribution is -2.30. The molecule has 0 aromatic heterocycles. The van der Waals surface area contributed by atoms with Crippen molar-refractivity contribution in [2.75, 3.05) is 12.4 Å². The van der Waals surface area contributed by atoms with Gasteiger partial charge in [0, 0.05) is 0 Å². The van der Waals surface area contributed by atoms with Crippen molar-refractivity contribution >= 4 is 34.8 Å². The van der Waals surface area contributed by atoms with Gasteiger partial charge in [0.25, 0.3) is 0 Å². The number of anilines is 1. The average Bonchev–Trinajstić information content (AvgIpc) is 2.54. The molecule has 1 unspecified atom stereocenters. The fourth-order valence-electron chi connectivity index (χ4n) is 2.27. The van der Waals surface area contributed by atoms with Crippen LogP contribution in [0.1, 0.15) is 34.1 Å². The lowest BCUT2D eigenvalue weighted by atomic mass is 9.92. The molecule has 23 heavy (non-hydrogen) atoms. The van der Waals surface area contributed by atoms with Crippen LogP contribution in [0.2, 0.25) is 5.02 Å². The molecule has 1 atom stereocenters. The van der Waals surface area contributed by atoms with Gasteiger partial charge in [-0.1, -0.05) is 18.5 Å². The first-order valence-electron chi connectivity index (χ1n) is 6.71. The Kier molecular flexibility index (Phi) is 4.60. The Morgan fingerprint density at radius 3 is 2.22 bits per heavy atom. The Labute approximate surface area is 136 Å². The number of rotatable bonds is 4. The van der Waals surface area contributed by atoms with Gasteiger partial charge in [-0.05, 0) is 18.6 Å². The molecule has 2 rings (SSSR count). The van der Waals surface area contributed by atoms with E-state index in [4.69, 9.17) is 11.6 Å². The summed E-state index contributed by atoms with van der Waals surface area (Å²) in [6, 6.07) is -0.856. The molecule has 0 saturated carbocycles. The highest BCUT2D eigenvalue weighted by molar-refractivity contribution is 6.37. The number of hydrogen-bond acceptors (Lipinski definition) is 7. The zero-order chi connectivity index (χ0) is 17.3. The van der Waals surface area contributed by atoms with E-state index in [1.807, 2.05) is 0 Å². The zero-order valence-corrected chi connectivity index (χ0v) is 13.1. The maximum Gasteiger partial charge on any atom is 0.328 e. The summed E-state index contributed by atoms with van der Waals surface area (Å²) in [6.07, 6.45) is 2.27. The van der Waals surface area contributed by atoms with Gasteiger partial charge >= 0.3 is 5.97 Å². The molecule has 0 spiro atoms. The second-order valence-corrected chi connectivity index (χ2v) is 5.20. The number of halogens is 1. The van der Waals surface area contributed by atoms with Gasteiger partial charge in [0.05, 0.1) is 18.2 Å². The number of phenolic OH excluding ortho intramolecular Hbond substituents is 2. The van der Waals surface area contributed by atoms with Crippen molar-refractivity contribution < 1.29 is 29.3 Å². The van der Waals surface area contributed by atoms with E-state index in [0.717, 1.165) is 12.2 Å². The van der Waals surface area contributed by atoms with Gasteiger partial charge in [0.15, 0.2) is 17.3 Å². The number of phenols is 2.